The number of carbonyl (C=O) groups excluding carboxylic acids is 2. The number of nitrogens with zero attached hydrogens (tertiary/aromatic N) is 1. The van der Waals surface area contributed by atoms with Crippen molar-refractivity contribution in [1.29, 1.82) is 0 Å². The van der Waals surface area contributed by atoms with Crippen LogP contribution in [0.25, 0.3) is 0 Å². The van der Waals surface area contributed by atoms with Gasteiger partial charge in [0.1, 0.15) is 0 Å². The highest BCUT2D eigenvalue weighted by Gasteiger charge is 2.20. The minimum Gasteiger partial charge on any atom is -0.456 e. The van der Waals surface area contributed by atoms with E-state index in [2.05, 4.69) is 5.32 Å². The van der Waals surface area contributed by atoms with Crippen molar-refractivity contribution in [3.63, 3.8) is 0 Å². The maximum Gasteiger partial charge on any atom is 0.307 e. The van der Waals surface area contributed by atoms with Crippen LogP contribution in [0.15, 0.2) is 52.3 Å². The Labute approximate surface area is 185 Å². The van der Waals surface area contributed by atoms with Gasteiger partial charge in [0.2, 0.25) is 10.0 Å². The summed E-state index contributed by atoms with van der Waals surface area (Å²) in [6, 6.07) is 11.8. The Kier molecular flexibility index (Phi) is 8.72. The zero-order chi connectivity index (χ0) is 22.3. The third-order valence-corrected chi connectivity index (χ3v) is 7.21. The zero-order valence-electron chi connectivity index (χ0n) is 16.8. The average Bonchev–Trinajstić information content (AvgIpc) is 2.69. The van der Waals surface area contributed by atoms with Crippen LogP contribution in [0.3, 0.4) is 0 Å². The number of sulfonamides is 1. The number of rotatable bonds is 9. The van der Waals surface area contributed by atoms with E-state index in [0.29, 0.717) is 22.0 Å². The van der Waals surface area contributed by atoms with E-state index in [-0.39, 0.29) is 11.3 Å². The normalized spacial score (nSPS) is 11.4. The Morgan fingerprint density at radius 2 is 1.80 bits per heavy atom. The summed E-state index contributed by atoms with van der Waals surface area (Å²) in [5.41, 5.74) is 0.867. The van der Waals surface area contributed by atoms with Crippen molar-refractivity contribution in [3.8, 4) is 0 Å². The van der Waals surface area contributed by atoms with Crippen molar-refractivity contribution in [3.05, 3.63) is 53.1 Å². The molecule has 0 spiro atoms. The van der Waals surface area contributed by atoms with Gasteiger partial charge in [0.15, 0.2) is 6.61 Å². The Morgan fingerprint density at radius 3 is 2.43 bits per heavy atom. The topological polar surface area (TPSA) is 92.8 Å². The molecule has 0 saturated heterocycles. The molecule has 0 aromatic heterocycles. The Bertz CT molecular complexity index is 1010. The van der Waals surface area contributed by atoms with Gasteiger partial charge < -0.3 is 10.1 Å². The van der Waals surface area contributed by atoms with Crippen LogP contribution in [0.2, 0.25) is 5.02 Å². The van der Waals surface area contributed by atoms with Gasteiger partial charge in [0, 0.05) is 35.5 Å². The largest absolute Gasteiger partial charge is 0.456 e. The summed E-state index contributed by atoms with van der Waals surface area (Å²) in [5, 5.41) is 3.19. The molecule has 0 aliphatic rings. The number of amides is 1. The Hall–Kier alpha value is -2.07. The number of halogens is 1. The van der Waals surface area contributed by atoms with Crippen molar-refractivity contribution in [1.82, 2.24) is 4.31 Å². The van der Waals surface area contributed by atoms with Gasteiger partial charge >= 0.3 is 5.97 Å². The molecule has 10 heteroatoms. The quantitative estimate of drug-likeness (QED) is 0.445. The third-order valence-electron chi connectivity index (χ3n) is 3.98. The molecule has 0 heterocycles. The van der Waals surface area contributed by atoms with Gasteiger partial charge in [-0.2, -0.15) is 0 Å². The molecule has 0 radical (unpaired) electrons. The lowest BCUT2D eigenvalue weighted by molar-refractivity contribution is -0.146. The summed E-state index contributed by atoms with van der Waals surface area (Å²) >= 11 is 7.31. The molecule has 30 heavy (non-hydrogen) atoms. The smallest absolute Gasteiger partial charge is 0.307 e. The molecule has 1 amide bonds. The summed E-state index contributed by atoms with van der Waals surface area (Å²) in [6.07, 6.45) is 0.149. The average molecular weight is 471 g/mol. The number of carbonyl (C=O) groups is 2. The van der Waals surface area contributed by atoms with E-state index in [1.165, 1.54) is 31.9 Å². The van der Waals surface area contributed by atoms with Crippen LogP contribution in [0.4, 0.5) is 5.69 Å². The lowest BCUT2D eigenvalue weighted by Gasteiger charge is -2.15. The number of thioether (sulfide) groups is 1. The molecule has 0 atom stereocenters. The SMILES string of the molecule is Cc1ccc(NC(=O)COC(=O)CCSc2ccc(Cl)cc2)cc1S(=O)(=O)N(C)C. The first-order valence-corrected chi connectivity index (χ1v) is 11.8. The molecule has 0 aliphatic carbocycles. The van der Waals surface area contributed by atoms with Crippen LogP contribution >= 0.6 is 23.4 Å². The molecule has 1 N–H and O–H groups in total. The summed E-state index contributed by atoms with van der Waals surface area (Å²) < 4.78 is 30.8. The van der Waals surface area contributed by atoms with Crippen molar-refractivity contribution in [2.45, 2.75) is 23.1 Å². The first kappa shape index (κ1) is 24.2. The fraction of sp³-hybridized carbons (Fsp3) is 0.300. The van der Waals surface area contributed by atoms with Crippen molar-refractivity contribution in [2.24, 2.45) is 0 Å². The Morgan fingerprint density at radius 1 is 1.13 bits per heavy atom. The summed E-state index contributed by atoms with van der Waals surface area (Å²) in [6.45, 7) is 1.22. The molecule has 0 bridgehead atoms. The van der Waals surface area contributed by atoms with Gasteiger partial charge in [0.05, 0.1) is 11.3 Å². The first-order valence-electron chi connectivity index (χ1n) is 8.96. The van der Waals surface area contributed by atoms with E-state index < -0.39 is 28.5 Å². The molecule has 7 nitrogen and oxygen atoms in total. The molecule has 0 aliphatic heterocycles. The number of nitrogens with one attached hydrogen (secondary N) is 1. The number of hydrogen-bond donors (Lipinski definition) is 1. The lowest BCUT2D eigenvalue weighted by atomic mass is 10.2. The Balaban J connectivity index is 1.83. The van der Waals surface area contributed by atoms with Gasteiger partial charge in [-0.15, -0.1) is 11.8 Å². The number of aryl methyl sites for hydroxylation is 1. The second kappa shape index (κ2) is 10.8. The standard InChI is InChI=1S/C20H23ClN2O5S2/c1-14-4-7-16(12-18(14)30(26,27)23(2)3)22-19(24)13-28-20(25)10-11-29-17-8-5-15(21)6-9-17/h4-9,12H,10-11,13H2,1-3H3,(H,22,24). The van der Waals surface area contributed by atoms with E-state index in [0.717, 1.165) is 9.20 Å². The van der Waals surface area contributed by atoms with Crippen LogP contribution in [0.5, 0.6) is 0 Å². The number of esters is 1. The maximum atomic E-state index is 12.4. The predicted octanol–water partition coefficient (Wildman–Crippen LogP) is 3.56. The monoisotopic (exact) mass is 470 g/mol. The molecule has 162 valence electrons. The fourth-order valence-corrected chi connectivity index (χ4v) is 4.45. The van der Waals surface area contributed by atoms with Crippen molar-refractivity contribution < 1.29 is 22.7 Å². The summed E-state index contributed by atoms with van der Waals surface area (Å²) in [5.74, 6) is -0.539. The van der Waals surface area contributed by atoms with Gasteiger partial charge in [-0.3, -0.25) is 9.59 Å². The number of benzene rings is 2. The zero-order valence-corrected chi connectivity index (χ0v) is 19.2. The highest BCUT2D eigenvalue weighted by Crippen LogP contribution is 2.23. The van der Waals surface area contributed by atoms with Crippen LogP contribution in [-0.2, 0) is 24.3 Å². The van der Waals surface area contributed by atoms with E-state index in [9.17, 15) is 18.0 Å². The van der Waals surface area contributed by atoms with Gasteiger partial charge in [-0.05, 0) is 48.9 Å². The van der Waals surface area contributed by atoms with E-state index >= 15 is 0 Å². The molecule has 0 saturated carbocycles. The number of ether oxygens (including phenoxy) is 1. The highest BCUT2D eigenvalue weighted by molar-refractivity contribution is 7.99. The van der Waals surface area contributed by atoms with Gasteiger partial charge in [0.25, 0.3) is 5.91 Å². The minimum absolute atomic E-state index is 0.0986. The van der Waals surface area contributed by atoms with Crippen molar-refractivity contribution >= 4 is 50.9 Å². The van der Waals surface area contributed by atoms with Gasteiger partial charge in [-0.1, -0.05) is 17.7 Å². The first-order chi connectivity index (χ1) is 14.1. The van der Waals surface area contributed by atoms with Crippen LogP contribution in [-0.4, -0.2) is 51.1 Å². The van der Waals surface area contributed by atoms with Crippen LogP contribution in [0.1, 0.15) is 12.0 Å². The third kappa shape index (κ3) is 7.02. The molecule has 2 aromatic carbocycles. The molecular weight excluding hydrogens is 448 g/mol. The molecule has 0 unspecified atom stereocenters. The van der Waals surface area contributed by atoms with E-state index in [1.54, 1.807) is 31.2 Å². The number of hydrogen-bond acceptors (Lipinski definition) is 6. The lowest BCUT2D eigenvalue weighted by Crippen LogP contribution is -2.24. The van der Waals surface area contributed by atoms with Crippen LogP contribution < -0.4 is 5.32 Å². The molecule has 0 fully saturated rings. The summed E-state index contributed by atoms with van der Waals surface area (Å²) in [7, 11) is -0.770. The van der Waals surface area contributed by atoms with E-state index in [1.807, 2.05) is 12.1 Å². The maximum absolute atomic E-state index is 12.4. The number of anilines is 1. The van der Waals surface area contributed by atoms with Crippen LogP contribution in [0, 0.1) is 6.92 Å². The summed E-state index contributed by atoms with van der Waals surface area (Å²) in [4.78, 5) is 25.0. The van der Waals surface area contributed by atoms with E-state index in [4.69, 9.17) is 16.3 Å². The van der Waals surface area contributed by atoms with Crippen molar-refractivity contribution in [2.75, 3.05) is 31.8 Å². The fourth-order valence-electron chi connectivity index (χ4n) is 2.35. The molecule has 2 aromatic rings. The predicted molar refractivity (Wildman–Crippen MR) is 118 cm³/mol. The second-order valence-corrected chi connectivity index (χ2v) is 10.3. The van der Waals surface area contributed by atoms with Gasteiger partial charge in [-0.25, -0.2) is 12.7 Å². The molecule has 2 rings (SSSR count). The molecular formula is C20H23ClN2O5S2. The second-order valence-electron chi connectivity index (χ2n) is 6.53. The highest BCUT2D eigenvalue weighted by atomic mass is 35.5. The minimum atomic E-state index is -3.64.